The van der Waals surface area contributed by atoms with Gasteiger partial charge in [0.25, 0.3) is 5.91 Å². The first kappa shape index (κ1) is 11.1. The number of aromatic nitrogens is 1. The molecule has 1 saturated heterocycles. The van der Waals surface area contributed by atoms with Gasteiger partial charge < -0.3 is 9.88 Å². The van der Waals surface area contributed by atoms with Crippen molar-refractivity contribution in [2.45, 2.75) is 0 Å². The highest BCUT2D eigenvalue weighted by molar-refractivity contribution is 6.05. The Morgan fingerprint density at radius 2 is 1.76 bits per heavy atom. The lowest BCUT2D eigenvalue weighted by molar-refractivity contribution is -0.135. The summed E-state index contributed by atoms with van der Waals surface area (Å²) in [5, 5.41) is 2.08. The molecule has 0 spiro atoms. The molecule has 17 heavy (non-hydrogen) atoms. The Hall–Kier alpha value is -2.44. The molecule has 7 heteroatoms. The zero-order valence-electron chi connectivity index (χ0n) is 8.73. The van der Waals surface area contributed by atoms with Crippen LogP contribution >= 0.6 is 0 Å². The molecule has 0 bridgehead atoms. The maximum absolute atomic E-state index is 11.9. The number of piperazine rings is 1. The SMILES string of the molecule is O=C1CN(C(=O)c2cccc(=O)[nH]2)CC(=O)N1. The van der Waals surface area contributed by atoms with Crippen molar-refractivity contribution in [3.8, 4) is 0 Å². The molecule has 0 aromatic carbocycles. The molecule has 2 heterocycles. The summed E-state index contributed by atoms with van der Waals surface area (Å²) >= 11 is 0. The Kier molecular flexibility index (Phi) is 2.73. The minimum absolute atomic E-state index is 0.0556. The quantitative estimate of drug-likeness (QED) is 0.577. The number of imide groups is 1. The van der Waals surface area contributed by atoms with Crippen molar-refractivity contribution in [2.75, 3.05) is 13.1 Å². The molecule has 7 nitrogen and oxygen atoms in total. The molecule has 1 aliphatic heterocycles. The Bertz CT molecular complexity index is 532. The van der Waals surface area contributed by atoms with Gasteiger partial charge in [-0.15, -0.1) is 0 Å². The van der Waals surface area contributed by atoms with Crippen molar-refractivity contribution < 1.29 is 14.4 Å². The summed E-state index contributed by atoms with van der Waals surface area (Å²) in [5.41, 5.74) is -0.358. The molecular weight excluding hydrogens is 226 g/mol. The summed E-state index contributed by atoms with van der Waals surface area (Å²) < 4.78 is 0. The summed E-state index contributed by atoms with van der Waals surface area (Å²) in [6.45, 7) is -0.386. The van der Waals surface area contributed by atoms with Crippen LogP contribution in [0.5, 0.6) is 0 Å². The smallest absolute Gasteiger partial charge is 0.271 e. The number of carbonyl (C=O) groups excluding carboxylic acids is 3. The number of hydrogen-bond acceptors (Lipinski definition) is 4. The number of carbonyl (C=O) groups is 3. The van der Waals surface area contributed by atoms with Gasteiger partial charge in [0.15, 0.2) is 0 Å². The average Bonchev–Trinajstić information content (AvgIpc) is 2.26. The third-order valence-corrected chi connectivity index (χ3v) is 2.23. The third kappa shape index (κ3) is 2.39. The highest BCUT2D eigenvalue weighted by atomic mass is 16.2. The number of nitrogens with zero attached hydrogens (tertiary/aromatic N) is 1. The van der Waals surface area contributed by atoms with Crippen LogP contribution in [0, 0.1) is 0 Å². The molecular formula is C10H9N3O4. The molecule has 2 N–H and O–H groups in total. The second kappa shape index (κ2) is 4.20. The van der Waals surface area contributed by atoms with E-state index in [1.165, 1.54) is 18.2 Å². The highest BCUT2D eigenvalue weighted by Crippen LogP contribution is 2.02. The van der Waals surface area contributed by atoms with E-state index in [9.17, 15) is 19.2 Å². The molecule has 0 atom stereocenters. The van der Waals surface area contributed by atoms with E-state index in [1.54, 1.807) is 0 Å². The fourth-order valence-corrected chi connectivity index (χ4v) is 1.52. The van der Waals surface area contributed by atoms with E-state index < -0.39 is 23.3 Å². The maximum atomic E-state index is 11.9. The van der Waals surface area contributed by atoms with Gasteiger partial charge in [-0.3, -0.25) is 24.5 Å². The summed E-state index contributed by atoms with van der Waals surface area (Å²) in [4.78, 5) is 48.5. The zero-order chi connectivity index (χ0) is 12.4. The zero-order valence-corrected chi connectivity index (χ0v) is 8.73. The topological polar surface area (TPSA) is 99.3 Å². The van der Waals surface area contributed by atoms with Gasteiger partial charge in [-0.2, -0.15) is 0 Å². The van der Waals surface area contributed by atoms with E-state index in [4.69, 9.17) is 0 Å². The van der Waals surface area contributed by atoms with Crippen molar-refractivity contribution in [2.24, 2.45) is 0 Å². The summed E-state index contributed by atoms with van der Waals surface area (Å²) in [5.74, 6) is -1.62. The van der Waals surface area contributed by atoms with E-state index in [-0.39, 0.29) is 18.8 Å². The number of pyridine rings is 1. The van der Waals surface area contributed by atoms with E-state index in [0.717, 1.165) is 4.90 Å². The fraction of sp³-hybridized carbons (Fsp3) is 0.200. The molecule has 1 fully saturated rings. The van der Waals surface area contributed by atoms with Crippen molar-refractivity contribution in [1.82, 2.24) is 15.2 Å². The lowest BCUT2D eigenvalue weighted by Crippen LogP contribution is -2.53. The van der Waals surface area contributed by atoms with Crippen molar-refractivity contribution >= 4 is 17.7 Å². The van der Waals surface area contributed by atoms with Gasteiger partial charge in [0.05, 0.1) is 0 Å². The number of H-pyrrole nitrogens is 1. The lowest BCUT2D eigenvalue weighted by Gasteiger charge is -2.25. The number of aromatic amines is 1. The molecule has 88 valence electrons. The van der Waals surface area contributed by atoms with Crippen LogP contribution in [0.2, 0.25) is 0 Å². The van der Waals surface area contributed by atoms with Gasteiger partial charge in [0.1, 0.15) is 18.8 Å². The van der Waals surface area contributed by atoms with E-state index in [0.29, 0.717) is 0 Å². The van der Waals surface area contributed by atoms with Crippen LogP contribution in [0.25, 0.3) is 0 Å². The monoisotopic (exact) mass is 235 g/mol. The normalized spacial score (nSPS) is 15.6. The van der Waals surface area contributed by atoms with Crippen molar-refractivity contribution in [3.05, 3.63) is 34.2 Å². The first-order chi connectivity index (χ1) is 8.06. The van der Waals surface area contributed by atoms with Gasteiger partial charge >= 0.3 is 0 Å². The molecule has 0 radical (unpaired) electrons. The van der Waals surface area contributed by atoms with E-state index in [1.807, 2.05) is 0 Å². The Balaban J connectivity index is 2.23. The van der Waals surface area contributed by atoms with Crippen molar-refractivity contribution in [3.63, 3.8) is 0 Å². The number of nitrogens with one attached hydrogen (secondary N) is 2. The fourth-order valence-electron chi connectivity index (χ4n) is 1.52. The lowest BCUT2D eigenvalue weighted by atomic mass is 10.2. The van der Waals surface area contributed by atoms with Gasteiger partial charge in [0.2, 0.25) is 17.4 Å². The predicted octanol–water partition coefficient (Wildman–Crippen LogP) is -1.53. The summed E-state index contributed by atoms with van der Waals surface area (Å²) in [7, 11) is 0. The van der Waals surface area contributed by atoms with Crippen molar-refractivity contribution in [1.29, 1.82) is 0 Å². The van der Waals surface area contributed by atoms with Crippen LogP contribution in [0.3, 0.4) is 0 Å². The molecule has 1 aromatic heterocycles. The predicted molar refractivity (Wildman–Crippen MR) is 56.1 cm³/mol. The minimum Gasteiger partial charge on any atom is -0.319 e. The van der Waals surface area contributed by atoms with Crippen LogP contribution in [0.4, 0.5) is 0 Å². The molecule has 0 aliphatic carbocycles. The Labute approximate surface area is 95.4 Å². The standard InChI is InChI=1S/C10H9N3O4/c14-7-3-1-2-6(11-7)10(17)13-4-8(15)12-9(16)5-13/h1-3H,4-5H2,(H,11,14)(H,12,15,16). The van der Waals surface area contributed by atoms with Gasteiger partial charge in [-0.05, 0) is 6.07 Å². The van der Waals surface area contributed by atoms with Gasteiger partial charge in [0, 0.05) is 6.07 Å². The number of rotatable bonds is 1. The maximum Gasteiger partial charge on any atom is 0.271 e. The summed E-state index contributed by atoms with van der Waals surface area (Å²) in [6.07, 6.45) is 0. The van der Waals surface area contributed by atoms with E-state index in [2.05, 4.69) is 10.3 Å². The average molecular weight is 235 g/mol. The van der Waals surface area contributed by atoms with Gasteiger partial charge in [-0.25, -0.2) is 0 Å². The molecule has 0 saturated carbocycles. The van der Waals surface area contributed by atoms with Crippen LogP contribution in [-0.4, -0.2) is 40.7 Å². The van der Waals surface area contributed by atoms with Crippen LogP contribution in [0.1, 0.15) is 10.5 Å². The first-order valence-corrected chi connectivity index (χ1v) is 4.87. The van der Waals surface area contributed by atoms with Gasteiger partial charge in [-0.1, -0.05) is 6.07 Å². The van der Waals surface area contributed by atoms with E-state index >= 15 is 0 Å². The minimum atomic E-state index is -0.550. The Morgan fingerprint density at radius 1 is 1.12 bits per heavy atom. The molecule has 0 unspecified atom stereocenters. The second-order valence-electron chi connectivity index (χ2n) is 3.56. The Morgan fingerprint density at radius 3 is 2.35 bits per heavy atom. The molecule has 1 aromatic rings. The molecule has 3 amide bonds. The molecule has 2 rings (SSSR count). The summed E-state index contributed by atoms with van der Waals surface area (Å²) in [6, 6.07) is 4.11. The van der Waals surface area contributed by atoms with Crippen LogP contribution < -0.4 is 10.9 Å². The molecule has 1 aliphatic rings. The highest BCUT2D eigenvalue weighted by Gasteiger charge is 2.27. The van der Waals surface area contributed by atoms with Crippen LogP contribution in [0.15, 0.2) is 23.0 Å². The third-order valence-electron chi connectivity index (χ3n) is 2.23. The second-order valence-corrected chi connectivity index (χ2v) is 3.56. The number of hydrogen-bond donors (Lipinski definition) is 2. The first-order valence-electron chi connectivity index (χ1n) is 4.87. The van der Waals surface area contributed by atoms with Crippen LogP contribution in [-0.2, 0) is 9.59 Å². The largest absolute Gasteiger partial charge is 0.319 e. The number of amides is 3.